The molecule has 0 saturated carbocycles. The molecule has 0 atom stereocenters. The van der Waals surface area contributed by atoms with Gasteiger partial charge in [0.2, 0.25) is 11.3 Å². The lowest BCUT2D eigenvalue weighted by Crippen LogP contribution is -2.27. The van der Waals surface area contributed by atoms with Crippen molar-refractivity contribution in [3.05, 3.63) is 65.0 Å². The number of benzene rings is 2. The molecular formula is C19H16N4O2S. The molecule has 1 amide bonds. The minimum atomic E-state index is -0.116. The topological polar surface area (TPSA) is 68.1 Å². The maximum Gasteiger partial charge on any atom is 0.230 e. The number of para-hydroxylation sites is 2. The van der Waals surface area contributed by atoms with Crippen molar-refractivity contribution in [1.29, 1.82) is 0 Å². The Kier molecular flexibility index (Phi) is 4.22. The Hall–Kier alpha value is -3.06. The molecule has 26 heavy (non-hydrogen) atoms. The first-order valence-electron chi connectivity index (χ1n) is 8.20. The van der Waals surface area contributed by atoms with E-state index in [2.05, 4.69) is 10.1 Å². The molecule has 2 aromatic heterocycles. The third-order valence-electron chi connectivity index (χ3n) is 4.24. The van der Waals surface area contributed by atoms with Crippen molar-refractivity contribution < 1.29 is 4.79 Å². The second kappa shape index (κ2) is 6.68. The molecule has 0 bridgehead atoms. The van der Waals surface area contributed by atoms with Crippen LogP contribution in [0.5, 0.6) is 0 Å². The lowest BCUT2D eigenvalue weighted by molar-refractivity contribution is -0.118. The summed E-state index contributed by atoms with van der Waals surface area (Å²) in [5.41, 5.74) is 1.51. The van der Waals surface area contributed by atoms with Crippen molar-refractivity contribution in [3.8, 4) is 0 Å². The third kappa shape index (κ3) is 2.97. The molecule has 4 rings (SSSR count). The molecule has 130 valence electrons. The Morgan fingerprint density at radius 1 is 1.15 bits per heavy atom. The van der Waals surface area contributed by atoms with Crippen molar-refractivity contribution in [2.75, 3.05) is 11.9 Å². The van der Waals surface area contributed by atoms with E-state index < -0.39 is 0 Å². The first-order valence-corrected chi connectivity index (χ1v) is 9.02. The van der Waals surface area contributed by atoms with E-state index in [1.807, 2.05) is 42.5 Å². The number of carbonyl (C=O) groups is 1. The molecule has 0 radical (unpaired) electrons. The predicted octanol–water partition coefficient (Wildman–Crippen LogP) is 3.06. The van der Waals surface area contributed by atoms with Gasteiger partial charge in [-0.25, -0.2) is 4.98 Å². The predicted molar refractivity (Wildman–Crippen MR) is 104 cm³/mol. The fraction of sp³-hybridized carbons (Fsp3) is 0.158. The number of hydrogen-bond acceptors (Lipinski definition) is 5. The Morgan fingerprint density at radius 2 is 1.92 bits per heavy atom. The number of nitrogens with zero attached hydrogens (tertiary/aromatic N) is 4. The lowest BCUT2D eigenvalue weighted by atomic mass is 10.2. The summed E-state index contributed by atoms with van der Waals surface area (Å²) in [7, 11) is 1.73. The second-order valence-corrected chi connectivity index (χ2v) is 6.93. The van der Waals surface area contributed by atoms with Gasteiger partial charge in [-0.1, -0.05) is 35.6 Å². The van der Waals surface area contributed by atoms with Crippen LogP contribution in [0.4, 0.5) is 5.13 Å². The highest BCUT2D eigenvalue weighted by atomic mass is 32.1. The molecule has 0 aliphatic rings. The van der Waals surface area contributed by atoms with Gasteiger partial charge in [0.25, 0.3) is 0 Å². The summed E-state index contributed by atoms with van der Waals surface area (Å²) < 4.78 is 2.75. The standard InChI is InChI=1S/C19H16N4O2S/c1-22(19-21-14-7-3-5-9-17(14)26-19)18(25)10-11-23-15-8-4-2-6-13(15)16(24)12-20-23/h2-9,12H,10-11H2,1H3. The molecule has 0 spiro atoms. The van der Waals surface area contributed by atoms with Gasteiger partial charge in [0.1, 0.15) is 0 Å². The molecule has 0 saturated heterocycles. The normalized spacial score (nSPS) is 11.1. The van der Waals surface area contributed by atoms with Crippen LogP contribution in [0, 0.1) is 0 Å². The van der Waals surface area contributed by atoms with E-state index >= 15 is 0 Å². The maximum atomic E-state index is 12.6. The van der Waals surface area contributed by atoms with Crippen LogP contribution in [0.15, 0.2) is 59.5 Å². The highest BCUT2D eigenvalue weighted by Gasteiger charge is 2.15. The Balaban J connectivity index is 1.53. The Labute approximate surface area is 153 Å². The zero-order valence-corrected chi connectivity index (χ0v) is 14.9. The number of aromatic nitrogens is 3. The van der Waals surface area contributed by atoms with Crippen molar-refractivity contribution in [1.82, 2.24) is 14.8 Å². The maximum absolute atomic E-state index is 12.6. The molecule has 0 unspecified atom stereocenters. The molecule has 2 aromatic carbocycles. The van der Waals surface area contributed by atoms with Crippen LogP contribution in [-0.4, -0.2) is 27.7 Å². The van der Waals surface area contributed by atoms with E-state index in [9.17, 15) is 9.59 Å². The first kappa shape index (κ1) is 16.4. The lowest BCUT2D eigenvalue weighted by Gasteiger charge is -2.14. The molecular weight excluding hydrogens is 348 g/mol. The average molecular weight is 364 g/mol. The summed E-state index contributed by atoms with van der Waals surface area (Å²) >= 11 is 1.49. The quantitative estimate of drug-likeness (QED) is 0.558. The number of anilines is 1. The van der Waals surface area contributed by atoms with Crippen LogP contribution in [-0.2, 0) is 11.3 Å². The zero-order valence-electron chi connectivity index (χ0n) is 14.1. The van der Waals surface area contributed by atoms with Gasteiger partial charge in [-0.05, 0) is 24.3 Å². The highest BCUT2D eigenvalue weighted by Crippen LogP contribution is 2.28. The van der Waals surface area contributed by atoms with Gasteiger partial charge in [-0.15, -0.1) is 0 Å². The van der Waals surface area contributed by atoms with E-state index in [4.69, 9.17) is 0 Å². The van der Waals surface area contributed by atoms with Gasteiger partial charge in [0.15, 0.2) is 5.13 Å². The number of aryl methyl sites for hydroxylation is 1. The third-order valence-corrected chi connectivity index (χ3v) is 5.36. The van der Waals surface area contributed by atoms with Gasteiger partial charge in [0.05, 0.1) is 28.5 Å². The molecule has 4 aromatic rings. The minimum absolute atomic E-state index is 0.0476. The summed E-state index contributed by atoms with van der Waals surface area (Å²) in [6.07, 6.45) is 1.57. The number of carbonyl (C=O) groups excluding carboxylic acids is 1. The molecule has 2 heterocycles. The number of rotatable bonds is 4. The van der Waals surface area contributed by atoms with Crippen molar-refractivity contribution >= 4 is 43.5 Å². The van der Waals surface area contributed by atoms with Crippen molar-refractivity contribution in [2.24, 2.45) is 0 Å². The molecule has 0 aliphatic heterocycles. The van der Waals surface area contributed by atoms with Crippen LogP contribution >= 0.6 is 11.3 Å². The van der Waals surface area contributed by atoms with E-state index in [1.165, 1.54) is 17.5 Å². The van der Waals surface area contributed by atoms with Crippen molar-refractivity contribution in [2.45, 2.75) is 13.0 Å². The van der Waals surface area contributed by atoms with E-state index in [1.54, 1.807) is 22.7 Å². The summed E-state index contributed by atoms with van der Waals surface area (Å²) in [6.45, 7) is 0.398. The minimum Gasteiger partial charge on any atom is -0.291 e. The Bertz CT molecular complexity index is 1130. The monoisotopic (exact) mass is 364 g/mol. The molecule has 0 fully saturated rings. The van der Waals surface area contributed by atoms with E-state index in [0.717, 1.165) is 15.7 Å². The number of thiazole rings is 1. The smallest absolute Gasteiger partial charge is 0.230 e. The van der Waals surface area contributed by atoms with Crippen LogP contribution in [0.1, 0.15) is 6.42 Å². The van der Waals surface area contributed by atoms with Gasteiger partial charge >= 0.3 is 0 Å². The van der Waals surface area contributed by atoms with E-state index in [-0.39, 0.29) is 17.8 Å². The summed E-state index contributed by atoms with van der Waals surface area (Å²) in [5.74, 6) is -0.0476. The summed E-state index contributed by atoms with van der Waals surface area (Å²) in [5, 5.41) is 5.45. The molecule has 0 N–H and O–H groups in total. The first-order chi connectivity index (χ1) is 12.6. The number of hydrogen-bond donors (Lipinski definition) is 0. The van der Waals surface area contributed by atoms with Gasteiger partial charge in [-0.2, -0.15) is 5.10 Å². The molecule has 0 aliphatic carbocycles. The summed E-state index contributed by atoms with van der Waals surface area (Å²) in [6, 6.07) is 15.1. The summed E-state index contributed by atoms with van der Waals surface area (Å²) in [4.78, 5) is 30.6. The SMILES string of the molecule is CN(C(=O)CCn1ncc(=O)c2ccccc21)c1nc2ccccc2s1. The average Bonchev–Trinajstić information content (AvgIpc) is 3.11. The van der Waals surface area contributed by atoms with Crippen LogP contribution < -0.4 is 10.3 Å². The van der Waals surface area contributed by atoms with Crippen molar-refractivity contribution in [3.63, 3.8) is 0 Å². The zero-order chi connectivity index (χ0) is 18.1. The fourth-order valence-electron chi connectivity index (χ4n) is 2.82. The Morgan fingerprint density at radius 3 is 2.77 bits per heavy atom. The van der Waals surface area contributed by atoms with Crippen LogP contribution in [0.3, 0.4) is 0 Å². The number of amides is 1. The van der Waals surface area contributed by atoms with Crippen LogP contribution in [0.25, 0.3) is 21.1 Å². The molecule has 6 nitrogen and oxygen atoms in total. The fourth-order valence-corrected chi connectivity index (χ4v) is 3.76. The van der Waals surface area contributed by atoms with Gasteiger partial charge in [-0.3, -0.25) is 19.2 Å². The van der Waals surface area contributed by atoms with Gasteiger partial charge in [0, 0.05) is 18.9 Å². The van der Waals surface area contributed by atoms with Gasteiger partial charge < -0.3 is 0 Å². The number of fused-ring (bicyclic) bond motifs is 2. The van der Waals surface area contributed by atoms with Crippen LogP contribution in [0.2, 0.25) is 0 Å². The largest absolute Gasteiger partial charge is 0.291 e. The highest BCUT2D eigenvalue weighted by molar-refractivity contribution is 7.22. The molecule has 7 heteroatoms. The second-order valence-electron chi connectivity index (χ2n) is 5.92. The van der Waals surface area contributed by atoms with E-state index in [0.29, 0.717) is 17.1 Å².